The fourth-order valence-corrected chi connectivity index (χ4v) is 3.81. The summed E-state index contributed by atoms with van der Waals surface area (Å²) in [6.45, 7) is 5.38. The van der Waals surface area contributed by atoms with Gasteiger partial charge in [0.1, 0.15) is 5.82 Å². The van der Waals surface area contributed by atoms with E-state index in [1.165, 1.54) is 4.68 Å². The van der Waals surface area contributed by atoms with E-state index in [4.69, 9.17) is 0 Å². The number of anilines is 1. The highest BCUT2D eigenvalue weighted by atomic mass is 16.4. The van der Waals surface area contributed by atoms with Gasteiger partial charge in [-0.15, -0.1) is 0 Å². The van der Waals surface area contributed by atoms with Gasteiger partial charge in [0.2, 0.25) is 11.9 Å². The van der Waals surface area contributed by atoms with E-state index >= 15 is 0 Å². The Morgan fingerprint density at radius 3 is 2.57 bits per heavy atom. The first-order valence-electron chi connectivity index (χ1n) is 9.50. The number of H-pyrrole nitrogens is 1. The van der Waals surface area contributed by atoms with Crippen LogP contribution in [0.4, 0.5) is 5.82 Å². The number of aromatic nitrogens is 4. The van der Waals surface area contributed by atoms with E-state index in [1.54, 1.807) is 19.9 Å². The van der Waals surface area contributed by atoms with Crippen LogP contribution in [0, 0.1) is 25.7 Å². The number of rotatable bonds is 5. The van der Waals surface area contributed by atoms with Crippen LogP contribution in [-0.2, 0) is 16.0 Å². The number of aromatic amines is 1. The first-order chi connectivity index (χ1) is 13.3. The Balaban J connectivity index is 1.92. The molecule has 2 heterocycles. The highest BCUT2D eigenvalue weighted by Gasteiger charge is 2.32. The summed E-state index contributed by atoms with van der Waals surface area (Å²) in [6.07, 6.45) is 3.06. The van der Waals surface area contributed by atoms with Crippen LogP contribution in [0.15, 0.2) is 10.9 Å². The minimum absolute atomic E-state index is 0.197. The van der Waals surface area contributed by atoms with Gasteiger partial charge in [-0.25, -0.2) is 4.98 Å². The van der Waals surface area contributed by atoms with Crippen molar-refractivity contribution in [1.29, 1.82) is 0 Å². The molecule has 150 valence electrons. The lowest BCUT2D eigenvalue weighted by atomic mass is 9.79. The minimum Gasteiger partial charge on any atom is -0.550 e. The molecule has 0 bridgehead atoms. The molecular weight excluding hydrogens is 362 g/mol. The minimum atomic E-state index is -1.19. The van der Waals surface area contributed by atoms with Gasteiger partial charge in [-0.3, -0.25) is 14.6 Å². The highest BCUT2D eigenvalue weighted by Crippen LogP contribution is 2.31. The van der Waals surface area contributed by atoms with Crippen molar-refractivity contribution in [3.63, 3.8) is 0 Å². The molecule has 0 saturated heterocycles. The maximum absolute atomic E-state index is 12.8. The number of carbonyl (C=O) groups excluding carboxylic acids is 2. The summed E-state index contributed by atoms with van der Waals surface area (Å²) in [7, 11) is 0. The number of nitrogens with one attached hydrogen (secondary N) is 2. The van der Waals surface area contributed by atoms with Crippen molar-refractivity contribution in [3.05, 3.63) is 33.4 Å². The molecule has 1 amide bonds. The number of nitrogens with zero attached hydrogens (tertiary/aromatic N) is 3. The monoisotopic (exact) mass is 386 g/mol. The van der Waals surface area contributed by atoms with Crippen LogP contribution in [0.1, 0.15) is 49.6 Å². The first kappa shape index (κ1) is 19.8. The third-order valence-corrected chi connectivity index (χ3v) is 5.25. The Labute approximate surface area is 162 Å². The zero-order valence-electron chi connectivity index (χ0n) is 16.2. The van der Waals surface area contributed by atoms with E-state index in [-0.39, 0.29) is 17.4 Å². The van der Waals surface area contributed by atoms with Crippen LogP contribution in [0.2, 0.25) is 0 Å². The molecule has 0 unspecified atom stereocenters. The molecule has 0 aliphatic heterocycles. The number of carboxylic acids is 1. The van der Waals surface area contributed by atoms with Gasteiger partial charge in [0.05, 0.1) is 5.69 Å². The lowest BCUT2D eigenvalue weighted by Crippen LogP contribution is -2.42. The second kappa shape index (κ2) is 7.95. The normalized spacial score (nSPS) is 19.4. The summed E-state index contributed by atoms with van der Waals surface area (Å²) in [4.78, 5) is 43.5. The van der Waals surface area contributed by atoms with Crippen LogP contribution in [0.3, 0.4) is 0 Å². The number of aliphatic carboxylic acids is 1. The van der Waals surface area contributed by atoms with E-state index < -0.39 is 17.8 Å². The summed E-state index contributed by atoms with van der Waals surface area (Å²) in [5.74, 6) is -2.50. The van der Waals surface area contributed by atoms with Crippen LogP contribution >= 0.6 is 0 Å². The van der Waals surface area contributed by atoms with Crippen molar-refractivity contribution >= 4 is 17.7 Å². The molecule has 1 fully saturated rings. The maximum atomic E-state index is 12.8. The quantitative estimate of drug-likeness (QED) is 0.774. The predicted molar refractivity (Wildman–Crippen MR) is 99.9 cm³/mol. The average molecular weight is 386 g/mol. The van der Waals surface area contributed by atoms with Gasteiger partial charge in [-0.1, -0.05) is 19.8 Å². The van der Waals surface area contributed by atoms with Gasteiger partial charge in [0.15, 0.2) is 0 Å². The fraction of sp³-hybridized carbons (Fsp3) is 0.526. The third-order valence-electron chi connectivity index (χ3n) is 5.25. The first-order valence-corrected chi connectivity index (χ1v) is 9.50. The molecule has 1 saturated carbocycles. The summed E-state index contributed by atoms with van der Waals surface area (Å²) < 4.78 is 1.36. The van der Waals surface area contributed by atoms with Gasteiger partial charge < -0.3 is 15.2 Å². The largest absolute Gasteiger partial charge is 0.550 e. The second-order valence-electron chi connectivity index (χ2n) is 7.20. The SMILES string of the molecule is CCc1c(C)nc(-n2nc(C)cc2NC(=O)[C@H]2CCCC[C@H]2C(=O)[O-])[nH]c1=O. The number of amides is 1. The molecule has 2 atom stereocenters. The van der Waals surface area contributed by atoms with Crippen LogP contribution < -0.4 is 16.0 Å². The number of carboxylic acid groups (broad SMARTS) is 1. The highest BCUT2D eigenvalue weighted by molar-refractivity contribution is 5.94. The summed E-state index contributed by atoms with van der Waals surface area (Å²) >= 11 is 0. The average Bonchev–Trinajstić information content (AvgIpc) is 3.01. The molecule has 2 aromatic rings. The van der Waals surface area contributed by atoms with Crippen molar-refractivity contribution in [2.45, 2.75) is 52.9 Å². The Bertz CT molecular complexity index is 962. The molecule has 9 heteroatoms. The van der Waals surface area contributed by atoms with Crippen molar-refractivity contribution in [3.8, 4) is 5.95 Å². The predicted octanol–water partition coefficient (Wildman–Crippen LogP) is 0.630. The molecule has 2 aromatic heterocycles. The number of carbonyl (C=O) groups is 2. The summed E-state index contributed by atoms with van der Waals surface area (Å²) in [5, 5.41) is 18.5. The van der Waals surface area contributed by atoms with E-state index in [0.29, 0.717) is 42.0 Å². The molecule has 2 N–H and O–H groups in total. The molecule has 0 spiro atoms. The van der Waals surface area contributed by atoms with Crippen molar-refractivity contribution in [2.75, 3.05) is 5.32 Å². The topological polar surface area (TPSA) is 133 Å². The second-order valence-corrected chi connectivity index (χ2v) is 7.20. The van der Waals surface area contributed by atoms with Gasteiger partial charge in [-0.05, 0) is 33.1 Å². The Hall–Kier alpha value is -2.97. The lowest BCUT2D eigenvalue weighted by molar-refractivity contribution is -0.313. The Kier molecular flexibility index (Phi) is 5.62. The molecule has 1 aliphatic carbocycles. The van der Waals surface area contributed by atoms with Gasteiger partial charge >= 0.3 is 0 Å². The molecule has 3 rings (SSSR count). The van der Waals surface area contributed by atoms with Crippen LogP contribution in [-0.4, -0.2) is 31.6 Å². The zero-order chi connectivity index (χ0) is 20.4. The van der Waals surface area contributed by atoms with Gasteiger partial charge in [-0.2, -0.15) is 9.78 Å². The standard InChI is InChI=1S/C19H25N5O4/c1-4-12-11(3)20-19(22-16(12)25)24-15(9-10(2)23-24)21-17(26)13-7-5-6-8-14(13)18(27)28/h9,13-14H,4-8H2,1-3H3,(H,21,26)(H,27,28)(H,20,22,25)/p-1/t13-,14+/m0/s1. The molecular formula is C19H24N5O4-. The van der Waals surface area contributed by atoms with E-state index in [2.05, 4.69) is 20.4 Å². The van der Waals surface area contributed by atoms with E-state index in [1.807, 2.05) is 6.92 Å². The smallest absolute Gasteiger partial charge is 0.255 e. The third kappa shape index (κ3) is 3.83. The molecule has 0 radical (unpaired) electrons. The molecule has 1 aliphatic rings. The fourth-order valence-electron chi connectivity index (χ4n) is 3.81. The number of aryl methyl sites for hydroxylation is 2. The summed E-state index contributed by atoms with van der Waals surface area (Å²) in [5.41, 5.74) is 1.56. The summed E-state index contributed by atoms with van der Waals surface area (Å²) in [6, 6.07) is 1.65. The number of hydrogen-bond acceptors (Lipinski definition) is 6. The molecule has 0 aromatic carbocycles. The molecule has 9 nitrogen and oxygen atoms in total. The van der Waals surface area contributed by atoms with Gasteiger partial charge in [0.25, 0.3) is 5.56 Å². The maximum Gasteiger partial charge on any atom is 0.255 e. The Morgan fingerprint density at radius 2 is 1.96 bits per heavy atom. The van der Waals surface area contributed by atoms with E-state index in [0.717, 1.165) is 12.8 Å². The molecule has 28 heavy (non-hydrogen) atoms. The van der Waals surface area contributed by atoms with Crippen molar-refractivity contribution < 1.29 is 14.7 Å². The van der Waals surface area contributed by atoms with Crippen LogP contribution in [0.25, 0.3) is 5.95 Å². The Morgan fingerprint density at radius 1 is 1.29 bits per heavy atom. The van der Waals surface area contributed by atoms with E-state index in [9.17, 15) is 19.5 Å². The van der Waals surface area contributed by atoms with Crippen molar-refractivity contribution in [1.82, 2.24) is 19.7 Å². The number of hydrogen-bond donors (Lipinski definition) is 2. The zero-order valence-corrected chi connectivity index (χ0v) is 16.2. The lowest BCUT2D eigenvalue weighted by Gasteiger charge is -2.31. The van der Waals surface area contributed by atoms with Gasteiger partial charge in [0, 0.05) is 35.1 Å². The van der Waals surface area contributed by atoms with Crippen LogP contribution in [0.5, 0.6) is 0 Å². The van der Waals surface area contributed by atoms with Crippen molar-refractivity contribution in [2.24, 2.45) is 11.8 Å².